The number of methoxy groups -OCH3 is 3. The lowest BCUT2D eigenvalue weighted by Crippen LogP contribution is -2.11. The molecule has 280 valence electrons. The van der Waals surface area contributed by atoms with Crippen molar-refractivity contribution in [1.29, 1.82) is 0 Å². The van der Waals surface area contributed by atoms with Crippen molar-refractivity contribution in [3.63, 3.8) is 0 Å². The van der Waals surface area contributed by atoms with E-state index in [-0.39, 0.29) is 53.0 Å². The second-order valence-electron chi connectivity index (χ2n) is 8.09. The van der Waals surface area contributed by atoms with Gasteiger partial charge in [-0.3, -0.25) is 39.9 Å². The van der Waals surface area contributed by atoms with Crippen LogP contribution in [0.3, 0.4) is 0 Å². The highest BCUT2D eigenvalue weighted by Crippen LogP contribution is 2.36. The molecule has 3 aromatic carbocycles. The standard InChI is InChI=1S/C9H8ClNO5.C8H7ClN2O4.C7H5ClN2O4.BBr3.H3N.H2O/c1-15-7-4-5(9(12)16-2)3-6(8(7)10)11(13)14;1-15-6-3-4(8(10)12)2-5(7(6)9)11(13)14;8-6-4(10(13)14)1-3(7(9)12)2-5(6)11;2-1(3)4;;/h3-4H,1-2H3;2-3H,1H3,(H2,10,12);1-2,11H,(H2,9,12);;1H3;1H2. The first-order chi connectivity index (χ1) is 22.6. The molecule has 2 amide bonds. The van der Waals surface area contributed by atoms with Gasteiger partial charge in [-0.05, 0) is 18.2 Å². The van der Waals surface area contributed by atoms with Crippen LogP contribution in [-0.4, -0.2) is 67.7 Å². The van der Waals surface area contributed by atoms with Crippen LogP contribution in [0.25, 0.3) is 0 Å². The third-order valence-electron chi connectivity index (χ3n) is 5.09. The first kappa shape index (κ1) is 51.3. The fraction of sp³-hybridized carbons (Fsp3) is 0.125. The van der Waals surface area contributed by atoms with Crippen molar-refractivity contribution in [3.05, 3.63) is 98.5 Å². The van der Waals surface area contributed by atoms with E-state index in [1.807, 2.05) is 0 Å². The molecule has 0 saturated heterocycles. The number of ether oxygens (including phenoxy) is 3. The molecule has 3 aromatic rings. The van der Waals surface area contributed by atoms with Crippen molar-refractivity contribution in [3.8, 4) is 17.2 Å². The highest BCUT2D eigenvalue weighted by molar-refractivity contribution is 9.69. The van der Waals surface area contributed by atoms with Crippen molar-refractivity contribution in [2.24, 2.45) is 11.5 Å². The predicted molar refractivity (Wildman–Crippen MR) is 199 cm³/mol. The number of phenolic OH excluding ortho intramolecular Hbond substituents is 1. The van der Waals surface area contributed by atoms with Crippen LogP contribution in [0, 0.1) is 30.3 Å². The normalized spacial score (nSPS) is 9.12. The maximum Gasteiger partial charge on any atom is 0.369 e. The van der Waals surface area contributed by atoms with Gasteiger partial charge in [0.2, 0.25) is 11.8 Å². The summed E-state index contributed by atoms with van der Waals surface area (Å²) in [7, 11) is 3.76. The molecule has 0 aliphatic carbocycles. The third kappa shape index (κ3) is 16.2. The first-order valence-electron chi connectivity index (χ1n) is 12.0. The van der Waals surface area contributed by atoms with Gasteiger partial charge >= 0.3 is 9.15 Å². The molecule has 27 heteroatoms. The summed E-state index contributed by atoms with van der Waals surface area (Å²) >= 11 is 26.1. The number of halogens is 6. The molecule has 10 N–H and O–H groups in total. The molecule has 0 spiro atoms. The minimum Gasteiger partial charge on any atom is -0.506 e. The number of benzene rings is 3. The first-order valence-corrected chi connectivity index (χ1v) is 15.8. The number of nitro groups is 3. The van der Waals surface area contributed by atoms with Crippen LogP contribution < -0.4 is 27.1 Å². The van der Waals surface area contributed by atoms with Crippen LogP contribution in [0.15, 0.2) is 36.4 Å². The lowest BCUT2D eigenvalue weighted by molar-refractivity contribution is -0.384. The molecule has 0 unspecified atom stereocenters. The minimum absolute atomic E-state index is 0. The van der Waals surface area contributed by atoms with Crippen LogP contribution in [0.5, 0.6) is 17.2 Å². The maximum absolute atomic E-state index is 11.2. The molecule has 0 heterocycles. The lowest BCUT2D eigenvalue weighted by Gasteiger charge is -2.06. The largest absolute Gasteiger partial charge is 0.506 e. The Bertz CT molecular complexity index is 1760. The van der Waals surface area contributed by atoms with E-state index in [4.69, 9.17) is 60.9 Å². The molecule has 3 rings (SSSR count). The van der Waals surface area contributed by atoms with Gasteiger partial charge in [0, 0.05) is 29.3 Å². The van der Waals surface area contributed by atoms with Gasteiger partial charge in [0.15, 0.2) is 15.1 Å². The number of nitrogens with zero attached hydrogens (tertiary/aromatic N) is 3. The Morgan fingerprint density at radius 3 is 1.27 bits per heavy atom. The summed E-state index contributed by atoms with van der Waals surface area (Å²) < 4.78 is 14.3. The number of nitrogens with two attached hydrogens (primary N) is 2. The Morgan fingerprint density at radius 2 is 0.980 bits per heavy atom. The Morgan fingerprint density at radius 1 is 0.686 bits per heavy atom. The second-order valence-corrected chi connectivity index (χ2v) is 15.7. The number of aromatic hydroxyl groups is 1. The molecule has 0 fully saturated rings. The van der Waals surface area contributed by atoms with Crippen molar-refractivity contribution in [2.75, 3.05) is 21.3 Å². The zero-order valence-corrected chi connectivity index (χ0v) is 32.9. The highest BCUT2D eigenvalue weighted by Gasteiger charge is 2.23. The average Bonchev–Trinajstić information content (AvgIpc) is 3.01. The Kier molecular flexibility index (Phi) is 24.4. The molecule has 0 aliphatic heterocycles. The van der Waals surface area contributed by atoms with Crippen LogP contribution >= 0.6 is 82.1 Å². The summed E-state index contributed by atoms with van der Waals surface area (Å²) in [4.78, 5) is 62.2. The summed E-state index contributed by atoms with van der Waals surface area (Å²) in [5.41, 5.74) is 8.33. The molecule has 0 bridgehead atoms. The number of esters is 1. The summed E-state index contributed by atoms with van der Waals surface area (Å²) in [5.74, 6) is -2.81. The maximum atomic E-state index is 11.2. The summed E-state index contributed by atoms with van der Waals surface area (Å²) in [6, 6.07) is 6.45. The zero-order valence-electron chi connectivity index (χ0n) is 25.9. The highest BCUT2D eigenvalue weighted by atomic mass is 79.9. The SMILES string of the molecule is BrB(Br)Br.COC(=O)c1cc(OC)c(Cl)c([N+](=O)[O-])c1.COc1cc(C(N)=O)cc([N+](=O)[O-])c1Cl.N.NC(=O)c1cc(O)c(Cl)c([N+](=O)[O-])c1.O. The van der Waals surface area contributed by atoms with Crippen LogP contribution in [0.1, 0.15) is 31.1 Å². The van der Waals surface area contributed by atoms with E-state index in [1.165, 1.54) is 33.5 Å². The summed E-state index contributed by atoms with van der Waals surface area (Å²) in [6.45, 7) is 0. The van der Waals surface area contributed by atoms with Gasteiger partial charge in [-0.1, -0.05) is 34.8 Å². The van der Waals surface area contributed by atoms with E-state index in [0.717, 1.165) is 24.3 Å². The lowest BCUT2D eigenvalue weighted by atomic mass is 10.2. The number of hydrogen-bond donors (Lipinski definition) is 4. The number of carbonyl (C=O) groups excluding carboxylic acids is 3. The van der Waals surface area contributed by atoms with E-state index in [1.54, 1.807) is 0 Å². The quantitative estimate of drug-likeness (QED) is 0.0878. The van der Waals surface area contributed by atoms with Gasteiger partial charge in [0.1, 0.15) is 17.2 Å². The van der Waals surface area contributed by atoms with Crippen LogP contribution in [-0.2, 0) is 4.74 Å². The molecule has 0 radical (unpaired) electrons. The zero-order chi connectivity index (χ0) is 38.3. The molecular weight excluding hydrogens is 953 g/mol. The average molecular weight is 978 g/mol. The molecule has 0 aromatic heterocycles. The Labute approximate surface area is 326 Å². The van der Waals surface area contributed by atoms with Crippen molar-refractivity contribution < 1.29 is 53.9 Å². The van der Waals surface area contributed by atoms with E-state index in [2.05, 4.69) is 52.0 Å². The minimum atomic E-state index is -0.875. The van der Waals surface area contributed by atoms with E-state index in [9.17, 15) is 44.7 Å². The van der Waals surface area contributed by atoms with Gasteiger partial charge in [0.25, 0.3) is 17.1 Å². The molecule has 20 nitrogen and oxygen atoms in total. The Balaban J connectivity index is -0.000000632. The van der Waals surface area contributed by atoms with Gasteiger partial charge in [-0.15, -0.1) is 47.3 Å². The number of phenols is 1. The summed E-state index contributed by atoms with van der Waals surface area (Å²) in [6.07, 6.45) is 0. The number of amides is 2. The van der Waals surface area contributed by atoms with E-state index in [0.29, 0.717) is 0 Å². The third-order valence-corrected chi connectivity index (χ3v) is 6.24. The molecule has 51 heavy (non-hydrogen) atoms. The van der Waals surface area contributed by atoms with Gasteiger partial charge < -0.3 is 42.4 Å². The number of rotatable bonds is 8. The second kappa shape index (κ2) is 24.2. The fourth-order valence-corrected chi connectivity index (χ4v) is 3.66. The van der Waals surface area contributed by atoms with Crippen LogP contribution in [0.2, 0.25) is 15.1 Å². The van der Waals surface area contributed by atoms with Crippen molar-refractivity contribution in [1.82, 2.24) is 6.15 Å². The number of primary amides is 2. The van der Waals surface area contributed by atoms with Gasteiger partial charge in [-0.2, -0.15) is 0 Å². The van der Waals surface area contributed by atoms with Gasteiger partial charge in [0.05, 0.1) is 41.7 Å². The topological polar surface area (TPSA) is 347 Å². The molecule has 0 atom stereocenters. The number of hydrogen-bond acceptors (Lipinski definition) is 14. The smallest absolute Gasteiger partial charge is 0.369 e. The van der Waals surface area contributed by atoms with E-state index < -0.39 is 60.4 Å². The van der Waals surface area contributed by atoms with Crippen molar-refractivity contribution in [2.45, 2.75) is 0 Å². The summed E-state index contributed by atoms with van der Waals surface area (Å²) in [5, 5.41) is 40.1. The van der Waals surface area contributed by atoms with Crippen LogP contribution in [0.4, 0.5) is 17.1 Å². The number of nitro benzene ring substituents is 3. The van der Waals surface area contributed by atoms with E-state index >= 15 is 0 Å². The predicted octanol–water partition coefficient (Wildman–Crippen LogP) is 5.95. The molecule has 0 aliphatic rings. The van der Waals surface area contributed by atoms with Crippen molar-refractivity contribution >= 4 is 120 Å². The molecule has 0 saturated carbocycles. The molecular formula is C24H25BBr3Cl3N6O14. The Hall–Kier alpha value is -4.04. The fourth-order valence-electron chi connectivity index (χ4n) is 2.98. The van der Waals surface area contributed by atoms with Gasteiger partial charge in [-0.25, -0.2) is 4.79 Å². The number of carbonyl (C=O) groups is 3. The monoisotopic (exact) mass is 974 g/mol.